The molecule has 2 aromatic carbocycles. The summed E-state index contributed by atoms with van der Waals surface area (Å²) in [6, 6.07) is 12.7. The van der Waals surface area contributed by atoms with E-state index in [-0.39, 0.29) is 15.4 Å². The molecule has 0 saturated carbocycles. The van der Waals surface area contributed by atoms with E-state index in [4.69, 9.17) is 13.6 Å². The second-order valence-electron chi connectivity index (χ2n) is 7.46. The van der Waals surface area contributed by atoms with Crippen molar-refractivity contribution in [3.05, 3.63) is 58.7 Å². The molecule has 0 bridgehead atoms. The average molecular weight is 406 g/mol. The van der Waals surface area contributed by atoms with Gasteiger partial charge >= 0.3 is 0 Å². The predicted octanol–water partition coefficient (Wildman–Crippen LogP) is 3.82. The third kappa shape index (κ3) is 5.15. The van der Waals surface area contributed by atoms with Gasteiger partial charge in [0, 0.05) is 19.4 Å². The second kappa shape index (κ2) is 9.09. The Balaban J connectivity index is 1.57. The molecule has 146 valence electrons. The maximum atomic E-state index is 9.95. The first-order chi connectivity index (χ1) is 12.9. The molecule has 0 radical (unpaired) electrons. The molecule has 0 aromatic heterocycles. The molecule has 1 heterocycles. The van der Waals surface area contributed by atoms with Crippen LogP contribution in [-0.2, 0) is 13.6 Å². The lowest BCUT2D eigenvalue weighted by atomic mass is 9.93. The number of benzene rings is 2. The second-order valence-corrected chi connectivity index (χ2v) is 10.0. The number of hydrogen-bond acceptors (Lipinski definition) is 4. The summed E-state index contributed by atoms with van der Waals surface area (Å²) >= 11 is 0. The molecule has 1 N–H and O–H groups in total. The molecule has 3 rings (SSSR count). The van der Waals surface area contributed by atoms with Gasteiger partial charge in [0.1, 0.15) is 0 Å². The predicted molar refractivity (Wildman–Crippen MR) is 114 cm³/mol. The van der Waals surface area contributed by atoms with E-state index in [1.807, 2.05) is 0 Å². The van der Waals surface area contributed by atoms with E-state index in [1.165, 1.54) is 27.6 Å². The number of hydrogen-bond donors (Lipinski definition) is 1. The molecule has 6 heteroatoms. The minimum Gasteiger partial charge on any atom is -0.396 e. The molecule has 1 aliphatic rings. The smallest absolute Gasteiger partial charge is 0.205 e. The number of rotatable bonds is 6. The summed E-state index contributed by atoms with van der Waals surface area (Å²) in [6.45, 7) is 9.65. The van der Waals surface area contributed by atoms with Gasteiger partial charge in [-0.15, -0.1) is 0 Å². The topological polar surface area (TPSA) is 47.9 Å². The van der Waals surface area contributed by atoms with E-state index in [0.717, 1.165) is 5.30 Å². The van der Waals surface area contributed by atoms with Gasteiger partial charge in [0.15, 0.2) is 0 Å². The molecule has 1 aliphatic heterocycles. The molecule has 2 aromatic rings. The highest BCUT2D eigenvalue weighted by Gasteiger charge is 2.38. The van der Waals surface area contributed by atoms with Crippen molar-refractivity contribution in [3.8, 4) is 0 Å². The molecule has 1 unspecified atom stereocenters. The fourth-order valence-corrected chi connectivity index (χ4v) is 5.64. The van der Waals surface area contributed by atoms with Crippen LogP contribution in [0.4, 0.5) is 0 Å². The van der Waals surface area contributed by atoms with Gasteiger partial charge in [0.2, 0.25) is 8.38 Å². The van der Waals surface area contributed by atoms with Crippen LogP contribution in [0.25, 0.3) is 0 Å². The zero-order valence-corrected chi connectivity index (χ0v) is 18.3. The van der Waals surface area contributed by atoms with E-state index in [1.54, 1.807) is 0 Å². The van der Waals surface area contributed by atoms with E-state index >= 15 is 0 Å². The maximum absolute atomic E-state index is 9.95. The fourth-order valence-electron chi connectivity index (χ4n) is 3.03. The van der Waals surface area contributed by atoms with Crippen LogP contribution in [0.15, 0.2) is 36.4 Å². The minimum absolute atomic E-state index is 0.0135. The maximum Gasteiger partial charge on any atom is 0.205 e. The van der Waals surface area contributed by atoms with E-state index in [0.29, 0.717) is 19.8 Å². The van der Waals surface area contributed by atoms with Crippen molar-refractivity contribution in [1.29, 1.82) is 0 Å². The molecule has 1 atom stereocenters. The third-order valence-corrected chi connectivity index (χ3v) is 7.49. The molecular weight excluding hydrogens is 378 g/mol. The monoisotopic (exact) mass is 406 g/mol. The lowest BCUT2D eigenvalue weighted by molar-refractivity contribution is -0.0319. The summed E-state index contributed by atoms with van der Waals surface area (Å²) in [5, 5.41) is 12.3. The standard InChI is InChI=1S/C21H28O4P2/c1-15-5-7-19(17(3)9-15)26-23-12-21(11-22)13-24-27(25-14-21)20-8-6-16(2)10-18(20)4/h5-10,22,26H,11-14H2,1-4H3. The van der Waals surface area contributed by atoms with Crippen LogP contribution in [0.2, 0.25) is 0 Å². The summed E-state index contributed by atoms with van der Waals surface area (Å²) in [7, 11) is -0.842. The van der Waals surface area contributed by atoms with Gasteiger partial charge in [-0.3, -0.25) is 0 Å². The van der Waals surface area contributed by atoms with Crippen LogP contribution in [-0.4, -0.2) is 31.5 Å². The number of aryl methyl sites for hydroxylation is 4. The van der Waals surface area contributed by atoms with Crippen LogP contribution < -0.4 is 10.6 Å². The van der Waals surface area contributed by atoms with Crippen molar-refractivity contribution in [3.63, 3.8) is 0 Å². The van der Waals surface area contributed by atoms with Gasteiger partial charge < -0.3 is 18.7 Å². The Morgan fingerprint density at radius 1 is 1.00 bits per heavy atom. The van der Waals surface area contributed by atoms with Gasteiger partial charge in [-0.2, -0.15) is 0 Å². The largest absolute Gasteiger partial charge is 0.396 e. The summed E-state index contributed by atoms with van der Waals surface area (Å²) < 4.78 is 18.0. The third-order valence-electron chi connectivity index (χ3n) is 4.80. The molecular formula is C21H28O4P2. The van der Waals surface area contributed by atoms with Gasteiger partial charge in [-0.1, -0.05) is 41.5 Å². The first-order valence-corrected chi connectivity index (χ1v) is 11.2. The van der Waals surface area contributed by atoms with E-state index in [2.05, 4.69) is 64.1 Å². The van der Waals surface area contributed by atoms with E-state index < -0.39 is 13.8 Å². The first-order valence-electron chi connectivity index (χ1n) is 9.12. The van der Waals surface area contributed by atoms with Crippen LogP contribution in [0.5, 0.6) is 0 Å². The Morgan fingerprint density at radius 3 is 2.22 bits per heavy atom. The number of aliphatic hydroxyl groups is 1. The number of aliphatic hydroxyl groups excluding tert-OH is 1. The summed E-state index contributed by atoms with van der Waals surface area (Å²) in [5.41, 5.74) is 4.41. The van der Waals surface area contributed by atoms with Crippen LogP contribution in [0.1, 0.15) is 22.3 Å². The highest BCUT2D eigenvalue weighted by atomic mass is 31.2. The van der Waals surface area contributed by atoms with Crippen molar-refractivity contribution in [2.24, 2.45) is 5.41 Å². The SMILES string of the molecule is Cc1ccc(POCC2(CO)COP(c3ccc(C)cc3C)OC2)c(C)c1. The zero-order chi connectivity index (χ0) is 19.4. The van der Waals surface area contributed by atoms with Crippen molar-refractivity contribution in [1.82, 2.24) is 0 Å². The molecule has 27 heavy (non-hydrogen) atoms. The quantitative estimate of drug-likeness (QED) is 0.741. The molecule has 0 amide bonds. The van der Waals surface area contributed by atoms with Gasteiger partial charge in [0.25, 0.3) is 0 Å². The Kier molecular flexibility index (Phi) is 7.03. The summed E-state index contributed by atoms with van der Waals surface area (Å²) in [4.78, 5) is 0. The lowest BCUT2D eigenvalue weighted by Gasteiger charge is -2.38. The molecule has 4 nitrogen and oxygen atoms in total. The Labute approximate surface area is 165 Å². The molecule has 0 spiro atoms. The Hall–Kier alpha value is -0.860. The van der Waals surface area contributed by atoms with Crippen LogP contribution in [0, 0.1) is 33.1 Å². The van der Waals surface area contributed by atoms with Gasteiger partial charge in [-0.25, -0.2) is 0 Å². The van der Waals surface area contributed by atoms with Gasteiger partial charge in [-0.05, 0) is 44.9 Å². The van der Waals surface area contributed by atoms with Crippen LogP contribution in [0.3, 0.4) is 0 Å². The molecule has 1 fully saturated rings. The summed E-state index contributed by atoms with van der Waals surface area (Å²) in [5.74, 6) is 0. The van der Waals surface area contributed by atoms with Crippen molar-refractivity contribution >= 4 is 27.8 Å². The zero-order valence-electron chi connectivity index (χ0n) is 16.4. The average Bonchev–Trinajstić information content (AvgIpc) is 2.64. The highest BCUT2D eigenvalue weighted by Crippen LogP contribution is 2.46. The lowest BCUT2D eigenvalue weighted by Crippen LogP contribution is -2.42. The highest BCUT2D eigenvalue weighted by molar-refractivity contribution is 7.56. The normalized spacial score (nSPS) is 23.2. The molecule has 0 aliphatic carbocycles. The van der Waals surface area contributed by atoms with Crippen molar-refractivity contribution < 1.29 is 18.7 Å². The Morgan fingerprint density at radius 2 is 1.63 bits per heavy atom. The van der Waals surface area contributed by atoms with E-state index in [9.17, 15) is 5.11 Å². The van der Waals surface area contributed by atoms with Crippen LogP contribution >= 0.6 is 17.2 Å². The minimum atomic E-state index is -1.10. The molecule has 1 saturated heterocycles. The fraction of sp³-hybridized carbons (Fsp3) is 0.429. The van der Waals surface area contributed by atoms with Gasteiger partial charge in [0.05, 0.1) is 31.8 Å². The van der Waals surface area contributed by atoms with Crippen molar-refractivity contribution in [2.75, 3.05) is 26.4 Å². The van der Waals surface area contributed by atoms with Crippen molar-refractivity contribution in [2.45, 2.75) is 27.7 Å². The first kappa shape index (κ1) is 20.9. The Bertz CT molecular complexity index is 780. The summed E-state index contributed by atoms with van der Waals surface area (Å²) in [6.07, 6.45) is 0.